The Bertz CT molecular complexity index is 2440. The van der Waals surface area contributed by atoms with Crippen LogP contribution in [0.25, 0.3) is 0 Å². The van der Waals surface area contributed by atoms with Gasteiger partial charge in [-0.2, -0.15) is 0 Å². The average molecular weight is 981 g/mol. The van der Waals surface area contributed by atoms with E-state index in [2.05, 4.69) is 170 Å². The van der Waals surface area contributed by atoms with Gasteiger partial charge in [-0.15, -0.1) is 0 Å². The van der Waals surface area contributed by atoms with Crippen molar-refractivity contribution in [3.05, 3.63) is 218 Å². The molecular weight excluding hydrogens is 915 g/mol. The number of hydrogen-bond donors (Lipinski definition) is 0. The van der Waals surface area contributed by atoms with E-state index in [0.29, 0.717) is 39.6 Å². The third-order valence-electron chi connectivity index (χ3n) is 11.8. The van der Waals surface area contributed by atoms with E-state index in [1.54, 1.807) is 0 Å². The number of para-hydroxylation sites is 1. The molecule has 0 atom stereocenters. The molecule has 0 radical (unpaired) electrons. The van der Waals surface area contributed by atoms with E-state index in [0.717, 1.165) is 92.3 Å². The highest BCUT2D eigenvalue weighted by Crippen LogP contribution is 2.35. The Morgan fingerprint density at radius 1 is 0.197 bits per heavy atom. The smallest absolute Gasteiger partial charge is 0.126 e. The molecule has 0 heterocycles. The molecule has 0 bridgehead atoms. The SMILES string of the molecule is c1ccc(OCCCCCOc2cc(OCCCCCOc3ccc(P(c4ccccc4)c4ccccc4)cc3)cc(OCCCCCOc3ccc(P(c4ccccc4)c4ccccc4)cc3)c2)cc1. The molecule has 0 N–H and O–H groups in total. The summed E-state index contributed by atoms with van der Waals surface area (Å²) in [5.41, 5.74) is 0. The summed E-state index contributed by atoms with van der Waals surface area (Å²) in [7, 11) is -1.27. The van der Waals surface area contributed by atoms with Crippen molar-refractivity contribution in [1.29, 1.82) is 0 Å². The van der Waals surface area contributed by atoms with E-state index in [-0.39, 0.29) is 0 Å². The van der Waals surface area contributed by atoms with E-state index in [4.69, 9.17) is 28.4 Å². The number of benzene rings is 8. The summed E-state index contributed by atoms with van der Waals surface area (Å²) in [4.78, 5) is 0. The molecule has 8 aromatic rings. The fourth-order valence-corrected chi connectivity index (χ4v) is 12.7. The van der Waals surface area contributed by atoms with E-state index in [1.165, 1.54) is 31.8 Å². The minimum Gasteiger partial charge on any atom is -0.494 e. The largest absolute Gasteiger partial charge is 0.494 e. The van der Waals surface area contributed by atoms with Crippen LogP contribution in [-0.2, 0) is 0 Å². The Balaban J connectivity index is 0.761. The molecule has 8 aromatic carbocycles. The lowest BCUT2D eigenvalue weighted by molar-refractivity contribution is 0.263. The van der Waals surface area contributed by atoms with E-state index in [9.17, 15) is 0 Å². The van der Waals surface area contributed by atoms with Crippen molar-refractivity contribution in [2.75, 3.05) is 39.6 Å². The summed E-state index contributed by atoms with van der Waals surface area (Å²) in [6, 6.07) is 76.4. The van der Waals surface area contributed by atoms with Crippen molar-refractivity contribution >= 4 is 47.7 Å². The minimum atomic E-state index is -0.637. The Labute approximate surface area is 424 Å². The van der Waals surface area contributed by atoms with E-state index < -0.39 is 15.8 Å². The summed E-state index contributed by atoms with van der Waals surface area (Å²) in [6.07, 6.45) is 8.65. The second kappa shape index (κ2) is 28.9. The topological polar surface area (TPSA) is 55.4 Å². The van der Waals surface area contributed by atoms with Crippen LogP contribution in [0.1, 0.15) is 57.8 Å². The molecule has 71 heavy (non-hydrogen) atoms. The van der Waals surface area contributed by atoms with Gasteiger partial charge in [-0.05, 0) is 142 Å². The first-order chi connectivity index (χ1) is 35.2. The summed E-state index contributed by atoms with van der Waals surface area (Å²) >= 11 is 0. The molecule has 0 amide bonds. The normalized spacial score (nSPS) is 11.1. The first-order valence-electron chi connectivity index (χ1n) is 25.2. The Hall–Kier alpha value is -6.58. The summed E-state index contributed by atoms with van der Waals surface area (Å²) in [5, 5.41) is 7.99. The van der Waals surface area contributed by atoms with Gasteiger partial charge >= 0.3 is 0 Å². The van der Waals surface area contributed by atoms with E-state index >= 15 is 0 Å². The standard InChI is InChI=1S/C63H66O6P2/c1-9-25-52(26-10-1)64-43-19-6-22-46-67-55-49-56(68-47-23-7-20-44-65-53-35-39-62(40-36-53)70(58-27-11-2-12-28-58)59-29-13-3-14-30-59)51-57(50-55)69-48-24-8-21-45-66-54-37-41-63(42-38-54)71(60-31-15-4-16-32-60)61-33-17-5-18-34-61/h1-5,9-18,25-42,49-51H,6-8,19-24,43-48H2. The summed E-state index contributed by atoms with van der Waals surface area (Å²) in [6.45, 7) is 3.84. The van der Waals surface area contributed by atoms with Crippen molar-refractivity contribution in [3.63, 3.8) is 0 Å². The van der Waals surface area contributed by atoms with Crippen LogP contribution in [0.2, 0.25) is 0 Å². The predicted molar refractivity (Wildman–Crippen MR) is 298 cm³/mol. The van der Waals surface area contributed by atoms with Crippen LogP contribution in [0.15, 0.2) is 218 Å². The molecule has 8 rings (SSSR count). The van der Waals surface area contributed by atoms with Crippen LogP contribution >= 0.6 is 15.8 Å². The average Bonchev–Trinajstić information content (AvgIpc) is 3.42. The summed E-state index contributed by atoms with van der Waals surface area (Å²) in [5.74, 6) is 4.99. The van der Waals surface area contributed by atoms with Gasteiger partial charge in [0, 0.05) is 18.2 Å². The molecule has 0 spiro atoms. The van der Waals surface area contributed by atoms with Crippen LogP contribution in [0.5, 0.6) is 34.5 Å². The molecule has 0 aliphatic carbocycles. The Morgan fingerprint density at radius 3 is 0.676 bits per heavy atom. The lowest BCUT2D eigenvalue weighted by atomic mass is 10.2. The first-order valence-corrected chi connectivity index (χ1v) is 27.9. The Morgan fingerprint density at radius 2 is 0.408 bits per heavy atom. The molecule has 0 saturated heterocycles. The molecule has 0 fully saturated rings. The van der Waals surface area contributed by atoms with Gasteiger partial charge in [-0.3, -0.25) is 0 Å². The molecule has 0 aliphatic rings. The van der Waals surface area contributed by atoms with Crippen LogP contribution in [-0.4, -0.2) is 39.6 Å². The van der Waals surface area contributed by atoms with Crippen LogP contribution in [0.3, 0.4) is 0 Å². The molecule has 0 aromatic heterocycles. The molecule has 0 saturated carbocycles. The highest BCUT2D eigenvalue weighted by Gasteiger charge is 2.18. The van der Waals surface area contributed by atoms with Crippen molar-refractivity contribution in [2.24, 2.45) is 0 Å². The maximum absolute atomic E-state index is 6.30. The second-order valence-corrected chi connectivity index (χ2v) is 21.7. The third kappa shape index (κ3) is 16.8. The molecule has 0 aliphatic heterocycles. The quantitative estimate of drug-likeness (QED) is 0.0331. The maximum Gasteiger partial charge on any atom is 0.126 e. The van der Waals surface area contributed by atoms with Crippen LogP contribution in [0.4, 0.5) is 0 Å². The van der Waals surface area contributed by atoms with Gasteiger partial charge in [0.25, 0.3) is 0 Å². The zero-order chi connectivity index (χ0) is 48.4. The molecular formula is C63H66O6P2. The molecule has 8 heteroatoms. The van der Waals surface area contributed by atoms with Gasteiger partial charge < -0.3 is 28.4 Å². The second-order valence-electron chi connectivity index (χ2n) is 17.2. The zero-order valence-electron chi connectivity index (χ0n) is 40.7. The van der Waals surface area contributed by atoms with Gasteiger partial charge in [-0.25, -0.2) is 0 Å². The molecule has 364 valence electrons. The lowest BCUT2D eigenvalue weighted by Gasteiger charge is -2.19. The first kappa shape index (κ1) is 50.8. The highest BCUT2D eigenvalue weighted by atomic mass is 31.1. The van der Waals surface area contributed by atoms with Gasteiger partial charge in [0.1, 0.15) is 34.5 Å². The fraction of sp³-hybridized carbons (Fsp3) is 0.238. The van der Waals surface area contributed by atoms with Crippen molar-refractivity contribution in [2.45, 2.75) is 57.8 Å². The predicted octanol–water partition coefficient (Wildman–Crippen LogP) is 13.1. The highest BCUT2D eigenvalue weighted by molar-refractivity contribution is 7.80. The van der Waals surface area contributed by atoms with E-state index in [1.807, 2.05) is 48.5 Å². The van der Waals surface area contributed by atoms with Crippen molar-refractivity contribution < 1.29 is 28.4 Å². The fourth-order valence-electron chi connectivity index (χ4n) is 8.18. The zero-order valence-corrected chi connectivity index (χ0v) is 42.5. The van der Waals surface area contributed by atoms with Crippen LogP contribution < -0.4 is 60.2 Å². The Kier molecular flexibility index (Phi) is 20.7. The number of unbranched alkanes of at least 4 members (excludes halogenated alkanes) is 6. The minimum absolute atomic E-state index is 0.603. The van der Waals surface area contributed by atoms with Crippen molar-refractivity contribution in [3.8, 4) is 34.5 Å². The third-order valence-corrected chi connectivity index (χ3v) is 16.7. The van der Waals surface area contributed by atoms with Crippen molar-refractivity contribution in [1.82, 2.24) is 0 Å². The summed E-state index contributed by atoms with van der Waals surface area (Å²) < 4.78 is 37.1. The number of ether oxygens (including phenoxy) is 6. The monoisotopic (exact) mass is 980 g/mol. The molecule has 6 nitrogen and oxygen atoms in total. The van der Waals surface area contributed by atoms with Gasteiger partial charge in [0.15, 0.2) is 0 Å². The van der Waals surface area contributed by atoms with Crippen LogP contribution in [0, 0.1) is 0 Å². The maximum atomic E-state index is 6.30. The van der Waals surface area contributed by atoms with Gasteiger partial charge in [-0.1, -0.05) is 164 Å². The van der Waals surface area contributed by atoms with Gasteiger partial charge in [0.2, 0.25) is 0 Å². The number of rotatable bonds is 30. The molecule has 0 unspecified atom stereocenters. The van der Waals surface area contributed by atoms with Gasteiger partial charge in [0.05, 0.1) is 39.6 Å². The number of hydrogen-bond acceptors (Lipinski definition) is 6. The lowest BCUT2D eigenvalue weighted by Crippen LogP contribution is -2.20.